The Morgan fingerprint density at radius 3 is 2.28 bits per heavy atom. The van der Waals surface area contributed by atoms with Crippen molar-refractivity contribution in [1.29, 1.82) is 0 Å². The molecule has 2 amide bonds. The fourth-order valence-corrected chi connectivity index (χ4v) is 8.32. The summed E-state index contributed by atoms with van der Waals surface area (Å²) in [6.07, 6.45) is 6.03. The molecule has 1 aromatic heterocycles. The van der Waals surface area contributed by atoms with Gasteiger partial charge in [0.15, 0.2) is 5.15 Å². The second kappa shape index (κ2) is 12.7. The van der Waals surface area contributed by atoms with E-state index in [1.54, 1.807) is 28.6 Å². The van der Waals surface area contributed by atoms with E-state index in [0.29, 0.717) is 53.8 Å². The zero-order valence-corrected chi connectivity index (χ0v) is 26.6. The molecule has 0 bridgehead atoms. The first-order chi connectivity index (χ1) is 20.3. The second-order valence-corrected chi connectivity index (χ2v) is 15.0. The number of piperidine rings is 1. The van der Waals surface area contributed by atoms with Gasteiger partial charge in [0.05, 0.1) is 18.0 Å². The summed E-state index contributed by atoms with van der Waals surface area (Å²) in [5, 5.41) is 9.57. The van der Waals surface area contributed by atoms with E-state index in [1.807, 2.05) is 11.8 Å². The molecule has 1 aliphatic carbocycles. The summed E-state index contributed by atoms with van der Waals surface area (Å²) in [5.74, 6) is 1.73. The second-order valence-electron chi connectivity index (χ2n) is 12.6. The minimum atomic E-state index is -3.22. The van der Waals surface area contributed by atoms with Gasteiger partial charge < -0.3 is 20.7 Å². The number of H-pyrrole nitrogens is 1. The molecule has 11 nitrogen and oxygen atoms in total. The molecule has 0 unspecified atom stereocenters. The topological polar surface area (TPSA) is 153 Å². The number of anilines is 1. The Balaban J connectivity index is 1.38. The van der Waals surface area contributed by atoms with Gasteiger partial charge in [-0.15, -0.1) is 0 Å². The van der Waals surface area contributed by atoms with Crippen LogP contribution in [0.2, 0.25) is 5.15 Å². The van der Waals surface area contributed by atoms with Crippen molar-refractivity contribution in [1.82, 2.24) is 19.2 Å². The number of hydrogen-bond acceptors (Lipinski definition) is 6. The first-order valence-corrected chi connectivity index (χ1v) is 17.4. The Hall–Kier alpha value is -2.67. The predicted octanol–water partition coefficient (Wildman–Crippen LogP) is 4.56. The van der Waals surface area contributed by atoms with Gasteiger partial charge in [-0.25, -0.2) is 22.5 Å². The number of aromatic nitrogens is 2. The lowest BCUT2D eigenvalue weighted by atomic mass is 9.78. The normalized spacial score (nSPS) is 26.4. The van der Waals surface area contributed by atoms with Gasteiger partial charge in [0.1, 0.15) is 5.82 Å². The van der Waals surface area contributed by atoms with Crippen LogP contribution in [0, 0.1) is 23.7 Å². The van der Waals surface area contributed by atoms with Crippen LogP contribution in [-0.2, 0) is 14.8 Å². The molecule has 0 spiro atoms. The number of likely N-dealkylation sites (tertiary alicyclic amines) is 1. The molecular weight excluding hydrogens is 592 g/mol. The van der Waals surface area contributed by atoms with Gasteiger partial charge in [0.2, 0.25) is 15.9 Å². The number of halogens is 1. The average molecular weight is 635 g/mol. The first kappa shape index (κ1) is 31.7. The monoisotopic (exact) mass is 634 g/mol. The van der Waals surface area contributed by atoms with Crippen LogP contribution in [-0.4, -0.2) is 83.7 Å². The van der Waals surface area contributed by atoms with Crippen LogP contribution in [0.1, 0.15) is 63.7 Å². The summed E-state index contributed by atoms with van der Waals surface area (Å²) in [5.41, 5.74) is 8.07. The Kier molecular flexibility index (Phi) is 9.41. The lowest BCUT2D eigenvalue weighted by Gasteiger charge is -2.34. The van der Waals surface area contributed by atoms with Crippen LogP contribution in [0.4, 0.5) is 10.5 Å². The molecule has 1 aromatic carbocycles. The molecule has 4 N–H and O–H groups in total. The first-order valence-electron chi connectivity index (χ1n) is 15.2. The minimum Gasteiger partial charge on any atom is -0.465 e. The highest BCUT2D eigenvalue weighted by Crippen LogP contribution is 2.44. The van der Waals surface area contributed by atoms with E-state index in [4.69, 9.17) is 22.3 Å². The molecule has 3 fully saturated rings. The number of imidazole rings is 1. The lowest BCUT2D eigenvalue weighted by molar-refractivity contribution is -0.138. The predicted molar refractivity (Wildman–Crippen MR) is 166 cm³/mol. The minimum absolute atomic E-state index is 0.0491. The maximum atomic E-state index is 14.1. The van der Waals surface area contributed by atoms with E-state index >= 15 is 0 Å². The Morgan fingerprint density at radius 2 is 1.72 bits per heavy atom. The number of carboxylic acid groups (broad SMARTS) is 1. The van der Waals surface area contributed by atoms with Crippen molar-refractivity contribution in [3.8, 4) is 11.3 Å². The van der Waals surface area contributed by atoms with Gasteiger partial charge >= 0.3 is 6.09 Å². The van der Waals surface area contributed by atoms with E-state index in [1.165, 1.54) is 13.3 Å². The van der Waals surface area contributed by atoms with Gasteiger partial charge in [0, 0.05) is 49.9 Å². The number of carbonyl (C=O) groups is 2. The molecule has 2 aromatic rings. The van der Waals surface area contributed by atoms with Crippen LogP contribution in [0.15, 0.2) is 24.3 Å². The zero-order valence-electron chi connectivity index (χ0n) is 25.1. The number of rotatable bonds is 7. The van der Waals surface area contributed by atoms with E-state index in [-0.39, 0.29) is 29.8 Å². The summed E-state index contributed by atoms with van der Waals surface area (Å²) >= 11 is 6.65. The van der Waals surface area contributed by atoms with E-state index in [2.05, 4.69) is 4.98 Å². The highest BCUT2D eigenvalue weighted by Gasteiger charge is 2.44. The van der Waals surface area contributed by atoms with Crippen LogP contribution >= 0.6 is 11.6 Å². The maximum Gasteiger partial charge on any atom is 0.411 e. The fourth-order valence-electron chi connectivity index (χ4n) is 7.20. The standard InChI is InChI=1S/C30H43ClN6O5S/c1-18(32)19-4-6-22(7-5-19)29(38)37-17-23(20-12-14-36(15-13-20)43(3,41)42)16-25(37)28-33-26(27(31)34-28)21-8-10-24(11-9-21)35(2)30(39)40/h8-11,18-20,22-23,25H,4-7,12-17,32H2,1-3H3,(H,33,34)(H,39,40)/t18-,19-,22-,23-,25-/m0/s1. The molecule has 1 saturated carbocycles. The third-order valence-corrected chi connectivity index (χ3v) is 11.5. The van der Waals surface area contributed by atoms with Crippen molar-refractivity contribution < 1.29 is 23.1 Å². The number of hydrogen-bond donors (Lipinski definition) is 3. The molecule has 3 heterocycles. The van der Waals surface area contributed by atoms with Crippen LogP contribution in [0.3, 0.4) is 0 Å². The summed E-state index contributed by atoms with van der Waals surface area (Å²) in [7, 11) is -1.74. The van der Waals surface area contributed by atoms with Crippen LogP contribution in [0.5, 0.6) is 0 Å². The van der Waals surface area contributed by atoms with Crippen molar-refractivity contribution in [2.24, 2.45) is 29.4 Å². The van der Waals surface area contributed by atoms with Crippen molar-refractivity contribution in [3.63, 3.8) is 0 Å². The van der Waals surface area contributed by atoms with E-state index in [9.17, 15) is 23.1 Å². The number of aromatic amines is 1. The van der Waals surface area contributed by atoms with Gasteiger partial charge in [-0.2, -0.15) is 0 Å². The lowest BCUT2D eigenvalue weighted by Crippen LogP contribution is -2.41. The summed E-state index contributed by atoms with van der Waals surface area (Å²) in [4.78, 5) is 36.6. The molecule has 236 valence electrons. The van der Waals surface area contributed by atoms with Crippen molar-refractivity contribution in [2.75, 3.05) is 37.8 Å². The van der Waals surface area contributed by atoms with Crippen molar-refractivity contribution in [3.05, 3.63) is 35.2 Å². The number of sulfonamides is 1. The molecular formula is C30H43ClN6O5S. The van der Waals surface area contributed by atoms with Gasteiger partial charge in [0.25, 0.3) is 0 Å². The summed E-state index contributed by atoms with van der Waals surface area (Å²) < 4.78 is 25.7. The number of nitrogens with zero attached hydrogens (tertiary/aromatic N) is 4. The van der Waals surface area contributed by atoms with Crippen molar-refractivity contribution in [2.45, 2.75) is 64.0 Å². The number of amides is 2. The summed E-state index contributed by atoms with van der Waals surface area (Å²) in [6, 6.07) is 6.88. The van der Waals surface area contributed by atoms with Gasteiger partial charge in [-0.05, 0) is 81.8 Å². The SMILES string of the molecule is C[C@H](N)[C@H]1CC[C@H](C(=O)N2C[C@@H](C3CCN(S(C)(=O)=O)CC3)C[C@H]2c2nc(Cl)c(-c3ccc(N(C)C(=O)O)cc3)[nH]2)CC1. The quantitative estimate of drug-likeness (QED) is 0.404. The molecule has 13 heteroatoms. The molecule has 5 rings (SSSR count). The summed E-state index contributed by atoms with van der Waals surface area (Å²) in [6.45, 7) is 3.66. The Labute approximate surface area is 258 Å². The van der Waals surface area contributed by atoms with Crippen molar-refractivity contribution >= 4 is 39.3 Å². The molecule has 3 atom stereocenters. The van der Waals surface area contributed by atoms with Crippen LogP contribution in [0.25, 0.3) is 11.3 Å². The molecule has 2 aliphatic heterocycles. The van der Waals surface area contributed by atoms with Crippen LogP contribution < -0.4 is 10.6 Å². The molecule has 43 heavy (non-hydrogen) atoms. The van der Waals surface area contributed by atoms with Gasteiger partial charge in [-0.1, -0.05) is 23.7 Å². The van der Waals surface area contributed by atoms with E-state index < -0.39 is 16.1 Å². The molecule has 2 saturated heterocycles. The highest BCUT2D eigenvalue weighted by molar-refractivity contribution is 7.88. The third kappa shape index (κ3) is 6.87. The molecule has 0 radical (unpaired) electrons. The number of nitrogens with one attached hydrogen (secondary N) is 1. The largest absolute Gasteiger partial charge is 0.465 e. The average Bonchev–Trinajstić information content (AvgIpc) is 3.60. The number of nitrogens with two attached hydrogens (primary N) is 1. The maximum absolute atomic E-state index is 14.1. The van der Waals surface area contributed by atoms with Gasteiger partial charge in [-0.3, -0.25) is 9.69 Å². The zero-order chi connectivity index (χ0) is 31.1. The number of carbonyl (C=O) groups excluding carboxylic acids is 1. The third-order valence-electron chi connectivity index (χ3n) is 9.94. The smallest absolute Gasteiger partial charge is 0.411 e. The molecule has 3 aliphatic rings. The number of benzene rings is 1. The Bertz CT molecular complexity index is 1410. The Morgan fingerprint density at radius 1 is 1.09 bits per heavy atom. The van der Waals surface area contributed by atoms with E-state index in [0.717, 1.165) is 55.4 Å². The fraction of sp³-hybridized carbons (Fsp3) is 0.633. The highest BCUT2D eigenvalue weighted by atomic mass is 35.5.